The third kappa shape index (κ3) is 7.52. The first-order valence-corrected chi connectivity index (χ1v) is 4.67. The zero-order valence-electron chi connectivity index (χ0n) is 8.68. The molecule has 0 spiro atoms. The molecule has 0 aliphatic carbocycles. The lowest BCUT2D eigenvalue weighted by atomic mass is 10.0. The predicted octanol–water partition coefficient (Wildman–Crippen LogP) is 3.35. The van der Waals surface area contributed by atoms with Gasteiger partial charge in [0.25, 0.3) is 0 Å². The van der Waals surface area contributed by atoms with E-state index < -0.39 is 0 Å². The van der Waals surface area contributed by atoms with E-state index in [9.17, 15) is 4.79 Å². The summed E-state index contributed by atoms with van der Waals surface area (Å²) in [6.07, 6.45) is 4.48. The van der Waals surface area contributed by atoms with Crippen molar-refractivity contribution < 1.29 is 4.79 Å². The summed E-state index contributed by atoms with van der Waals surface area (Å²) >= 11 is 0. The van der Waals surface area contributed by atoms with E-state index >= 15 is 0 Å². The van der Waals surface area contributed by atoms with Crippen LogP contribution in [-0.4, -0.2) is 5.78 Å². The topological polar surface area (TPSA) is 17.1 Å². The van der Waals surface area contributed by atoms with Crippen LogP contribution in [0.5, 0.6) is 0 Å². The van der Waals surface area contributed by atoms with Crippen molar-refractivity contribution in [2.75, 3.05) is 0 Å². The first-order chi connectivity index (χ1) is 5.52. The molecule has 0 rings (SSSR count). The van der Waals surface area contributed by atoms with Gasteiger partial charge < -0.3 is 0 Å². The van der Waals surface area contributed by atoms with Crippen molar-refractivity contribution in [2.24, 2.45) is 5.92 Å². The van der Waals surface area contributed by atoms with E-state index in [-0.39, 0.29) is 0 Å². The molecule has 0 aliphatic rings. The molecule has 70 valence electrons. The van der Waals surface area contributed by atoms with Crippen LogP contribution in [0, 0.1) is 5.92 Å². The molecule has 1 heteroatoms. The number of rotatable bonds is 5. The van der Waals surface area contributed by atoms with Crippen LogP contribution in [0.1, 0.15) is 47.0 Å². The average molecular weight is 168 g/mol. The van der Waals surface area contributed by atoms with Gasteiger partial charge in [-0.3, -0.25) is 4.79 Å². The maximum Gasteiger partial charge on any atom is 0.133 e. The molecule has 0 bridgehead atoms. The van der Waals surface area contributed by atoms with Crippen LogP contribution in [-0.2, 0) is 4.79 Å². The number of Topliss-reactive ketones (excluding diaryl/α,β-unsaturated/α-hetero) is 1. The Morgan fingerprint density at radius 1 is 1.33 bits per heavy atom. The molecule has 0 unspecified atom stereocenters. The minimum Gasteiger partial charge on any atom is -0.300 e. The molecule has 0 saturated heterocycles. The first kappa shape index (κ1) is 11.4. The number of hydrogen-bond donors (Lipinski definition) is 0. The Balaban J connectivity index is 3.51. The standard InChI is InChI=1S/C11H20O/c1-9(2)6-5-7-11(12)8-10(3)4/h6,10H,5,7-8H2,1-4H3. The van der Waals surface area contributed by atoms with Crippen molar-refractivity contribution in [2.45, 2.75) is 47.0 Å². The molecule has 0 fully saturated rings. The van der Waals surface area contributed by atoms with Crippen molar-refractivity contribution >= 4 is 5.78 Å². The predicted molar refractivity (Wildman–Crippen MR) is 53.1 cm³/mol. The summed E-state index contributed by atoms with van der Waals surface area (Å²) in [5.41, 5.74) is 1.30. The van der Waals surface area contributed by atoms with E-state index in [0.29, 0.717) is 18.1 Å². The summed E-state index contributed by atoms with van der Waals surface area (Å²) in [6.45, 7) is 8.29. The van der Waals surface area contributed by atoms with E-state index in [0.717, 1.165) is 12.8 Å². The molecular weight excluding hydrogens is 148 g/mol. The molecule has 0 N–H and O–H groups in total. The number of hydrogen-bond acceptors (Lipinski definition) is 1. The lowest BCUT2D eigenvalue weighted by Gasteiger charge is -2.01. The zero-order valence-corrected chi connectivity index (χ0v) is 8.68. The third-order valence-corrected chi connectivity index (χ3v) is 1.61. The zero-order chi connectivity index (χ0) is 9.56. The minimum atomic E-state index is 0.391. The number of carbonyl (C=O) groups excluding carboxylic acids is 1. The van der Waals surface area contributed by atoms with Gasteiger partial charge in [0.2, 0.25) is 0 Å². The molecule has 0 atom stereocenters. The first-order valence-electron chi connectivity index (χ1n) is 4.67. The van der Waals surface area contributed by atoms with Crippen LogP contribution >= 0.6 is 0 Å². The Labute approximate surface area is 75.9 Å². The molecule has 0 saturated carbocycles. The van der Waals surface area contributed by atoms with Gasteiger partial charge in [0.05, 0.1) is 0 Å². The van der Waals surface area contributed by atoms with Crippen LogP contribution in [0.15, 0.2) is 11.6 Å². The molecule has 0 radical (unpaired) electrons. The van der Waals surface area contributed by atoms with Crippen molar-refractivity contribution in [3.8, 4) is 0 Å². The van der Waals surface area contributed by atoms with Gasteiger partial charge in [-0.2, -0.15) is 0 Å². The number of allylic oxidation sites excluding steroid dienone is 2. The molecule has 0 amide bonds. The summed E-state index contributed by atoms with van der Waals surface area (Å²) < 4.78 is 0. The fourth-order valence-electron chi connectivity index (χ4n) is 1.08. The summed E-state index contributed by atoms with van der Waals surface area (Å²) in [6, 6.07) is 0. The van der Waals surface area contributed by atoms with E-state index in [4.69, 9.17) is 0 Å². The molecular formula is C11H20O. The van der Waals surface area contributed by atoms with E-state index in [1.54, 1.807) is 0 Å². The largest absolute Gasteiger partial charge is 0.300 e. The Kier molecular flexibility index (Phi) is 5.69. The summed E-state index contributed by atoms with van der Waals surface area (Å²) in [5.74, 6) is 0.895. The highest BCUT2D eigenvalue weighted by atomic mass is 16.1. The van der Waals surface area contributed by atoms with Gasteiger partial charge >= 0.3 is 0 Å². The average Bonchev–Trinajstić information content (AvgIpc) is 1.84. The smallest absolute Gasteiger partial charge is 0.133 e. The molecule has 0 aliphatic heterocycles. The van der Waals surface area contributed by atoms with Gasteiger partial charge in [-0.05, 0) is 26.2 Å². The van der Waals surface area contributed by atoms with Gasteiger partial charge in [0.1, 0.15) is 5.78 Å². The van der Waals surface area contributed by atoms with Crippen LogP contribution in [0.3, 0.4) is 0 Å². The molecule has 12 heavy (non-hydrogen) atoms. The van der Waals surface area contributed by atoms with Gasteiger partial charge in [0.15, 0.2) is 0 Å². The van der Waals surface area contributed by atoms with Gasteiger partial charge in [-0.15, -0.1) is 0 Å². The quantitative estimate of drug-likeness (QED) is 0.575. The third-order valence-electron chi connectivity index (χ3n) is 1.61. The SMILES string of the molecule is CC(C)=CCCC(=O)CC(C)C. The number of ketones is 1. The fraction of sp³-hybridized carbons (Fsp3) is 0.727. The van der Waals surface area contributed by atoms with Crippen molar-refractivity contribution in [1.29, 1.82) is 0 Å². The van der Waals surface area contributed by atoms with Crippen LogP contribution in [0.25, 0.3) is 0 Å². The fourth-order valence-corrected chi connectivity index (χ4v) is 1.08. The van der Waals surface area contributed by atoms with Crippen LogP contribution in [0.2, 0.25) is 0 Å². The second-order valence-corrected chi connectivity index (χ2v) is 3.96. The van der Waals surface area contributed by atoms with E-state index in [1.807, 2.05) is 0 Å². The second-order valence-electron chi connectivity index (χ2n) is 3.96. The molecule has 0 aromatic rings. The lowest BCUT2D eigenvalue weighted by Crippen LogP contribution is -2.01. The maximum absolute atomic E-state index is 11.2. The monoisotopic (exact) mass is 168 g/mol. The minimum absolute atomic E-state index is 0.391. The number of carbonyl (C=O) groups is 1. The highest BCUT2D eigenvalue weighted by molar-refractivity contribution is 5.78. The Hall–Kier alpha value is -0.590. The van der Waals surface area contributed by atoms with Crippen molar-refractivity contribution in [3.63, 3.8) is 0 Å². The van der Waals surface area contributed by atoms with E-state index in [2.05, 4.69) is 33.8 Å². The van der Waals surface area contributed by atoms with Crippen molar-refractivity contribution in [1.82, 2.24) is 0 Å². The lowest BCUT2D eigenvalue weighted by molar-refractivity contribution is -0.119. The van der Waals surface area contributed by atoms with Crippen molar-refractivity contribution in [3.05, 3.63) is 11.6 Å². The normalized spacial score (nSPS) is 10.1. The maximum atomic E-state index is 11.2. The highest BCUT2D eigenvalue weighted by Gasteiger charge is 2.02. The molecule has 0 heterocycles. The summed E-state index contributed by atoms with van der Waals surface area (Å²) in [4.78, 5) is 11.2. The molecule has 1 nitrogen and oxygen atoms in total. The van der Waals surface area contributed by atoms with Crippen LogP contribution < -0.4 is 0 Å². The molecule has 0 aromatic heterocycles. The summed E-state index contributed by atoms with van der Waals surface area (Å²) in [7, 11) is 0. The van der Waals surface area contributed by atoms with E-state index in [1.165, 1.54) is 5.57 Å². The molecule has 0 aromatic carbocycles. The Bertz CT molecular complexity index is 162. The Morgan fingerprint density at radius 2 is 1.92 bits per heavy atom. The van der Waals surface area contributed by atoms with Gasteiger partial charge in [0, 0.05) is 12.8 Å². The van der Waals surface area contributed by atoms with Crippen LogP contribution in [0.4, 0.5) is 0 Å². The van der Waals surface area contributed by atoms with Gasteiger partial charge in [-0.25, -0.2) is 0 Å². The summed E-state index contributed by atoms with van der Waals surface area (Å²) in [5, 5.41) is 0. The van der Waals surface area contributed by atoms with Gasteiger partial charge in [-0.1, -0.05) is 25.5 Å². The second kappa shape index (κ2) is 5.99. The Morgan fingerprint density at radius 3 is 2.33 bits per heavy atom. The highest BCUT2D eigenvalue weighted by Crippen LogP contribution is 2.05.